The number of aromatic nitrogens is 1. The van der Waals surface area contributed by atoms with E-state index in [1.807, 2.05) is 109 Å². The van der Waals surface area contributed by atoms with Gasteiger partial charge in [-0.2, -0.15) is 5.10 Å². The summed E-state index contributed by atoms with van der Waals surface area (Å²) in [6.45, 7) is 0. The van der Waals surface area contributed by atoms with Crippen LogP contribution in [0.4, 0.5) is 0 Å². The van der Waals surface area contributed by atoms with Crippen molar-refractivity contribution in [3.05, 3.63) is 141 Å². The summed E-state index contributed by atoms with van der Waals surface area (Å²) in [4.78, 5) is 30.3. The minimum absolute atomic E-state index is 0.110. The number of carbonyl (C=O) groups is 1. The van der Waals surface area contributed by atoms with Crippen molar-refractivity contribution in [1.82, 2.24) is 9.99 Å². The average Bonchev–Trinajstić information content (AvgIpc) is 3.39. The molecule has 0 bridgehead atoms. The highest BCUT2D eigenvalue weighted by molar-refractivity contribution is 9.10. The Morgan fingerprint density at radius 1 is 0.868 bits per heavy atom. The summed E-state index contributed by atoms with van der Waals surface area (Å²) in [6, 6.07) is 35.0. The first kappa shape index (κ1) is 24.1. The summed E-state index contributed by atoms with van der Waals surface area (Å²) in [7, 11) is 0. The maximum Gasteiger partial charge on any atom is 0.258 e. The van der Waals surface area contributed by atoms with Crippen molar-refractivity contribution >= 4 is 38.5 Å². The molecule has 1 atom stereocenters. The second kappa shape index (κ2) is 10.2. The molecule has 6 rings (SSSR count). The van der Waals surface area contributed by atoms with E-state index in [0.717, 1.165) is 37.6 Å². The highest BCUT2D eigenvalue weighted by Crippen LogP contribution is 2.37. The second-order valence-electron chi connectivity index (χ2n) is 9.34. The smallest absolute Gasteiger partial charge is 0.258 e. The summed E-state index contributed by atoms with van der Waals surface area (Å²) < 4.78 is 0.912. The molecule has 0 fully saturated rings. The molecule has 0 aliphatic carbocycles. The molecular formula is C32H24BrN3O2. The van der Waals surface area contributed by atoms with E-state index < -0.39 is 0 Å². The minimum atomic E-state index is -0.302. The number of hydrazone groups is 1. The van der Waals surface area contributed by atoms with Crippen molar-refractivity contribution < 1.29 is 4.79 Å². The Balaban J connectivity index is 1.52. The van der Waals surface area contributed by atoms with E-state index in [1.54, 1.807) is 5.01 Å². The Kier molecular flexibility index (Phi) is 6.48. The molecule has 6 heteroatoms. The van der Waals surface area contributed by atoms with E-state index in [1.165, 1.54) is 0 Å². The molecule has 0 saturated heterocycles. The lowest BCUT2D eigenvalue weighted by molar-refractivity contribution is -0.132. The number of hydrogen-bond acceptors (Lipinski definition) is 3. The maximum absolute atomic E-state index is 13.7. The summed E-state index contributed by atoms with van der Waals surface area (Å²) in [6.07, 6.45) is 0.667. The van der Waals surface area contributed by atoms with Crippen LogP contribution < -0.4 is 5.56 Å². The predicted octanol–water partition coefficient (Wildman–Crippen LogP) is 6.88. The summed E-state index contributed by atoms with van der Waals surface area (Å²) in [5, 5.41) is 7.33. The van der Waals surface area contributed by atoms with Crippen molar-refractivity contribution in [2.45, 2.75) is 18.9 Å². The first-order valence-electron chi connectivity index (χ1n) is 12.5. The minimum Gasteiger partial charge on any atom is -0.321 e. The Morgan fingerprint density at radius 2 is 1.53 bits per heavy atom. The largest absolute Gasteiger partial charge is 0.321 e. The number of rotatable bonds is 5. The Bertz CT molecular complexity index is 1710. The fourth-order valence-corrected chi connectivity index (χ4v) is 5.48. The van der Waals surface area contributed by atoms with Gasteiger partial charge in [0.05, 0.1) is 23.7 Å². The third-order valence-electron chi connectivity index (χ3n) is 6.88. The molecule has 5 aromatic rings. The molecule has 4 aromatic carbocycles. The monoisotopic (exact) mass is 561 g/mol. The van der Waals surface area contributed by atoms with Crippen molar-refractivity contribution in [3.8, 4) is 11.1 Å². The molecule has 0 saturated carbocycles. The summed E-state index contributed by atoms with van der Waals surface area (Å²) in [5.41, 5.74) is 5.26. The Morgan fingerprint density at radius 3 is 2.24 bits per heavy atom. The van der Waals surface area contributed by atoms with E-state index in [4.69, 9.17) is 5.10 Å². The Labute approximate surface area is 228 Å². The third-order valence-corrected chi connectivity index (χ3v) is 7.37. The van der Waals surface area contributed by atoms with Gasteiger partial charge >= 0.3 is 0 Å². The zero-order valence-electron chi connectivity index (χ0n) is 20.5. The Hall–Kier alpha value is -4.29. The van der Waals surface area contributed by atoms with Crippen LogP contribution in [0.25, 0.3) is 22.0 Å². The zero-order chi connectivity index (χ0) is 26.1. The first-order chi connectivity index (χ1) is 18.6. The lowest BCUT2D eigenvalue weighted by Crippen LogP contribution is -2.28. The third kappa shape index (κ3) is 4.59. The van der Waals surface area contributed by atoms with Gasteiger partial charge in [0.15, 0.2) is 0 Å². The first-order valence-corrected chi connectivity index (χ1v) is 13.3. The molecule has 1 aromatic heterocycles. The lowest BCUT2D eigenvalue weighted by Gasteiger charge is -2.22. The van der Waals surface area contributed by atoms with Crippen molar-refractivity contribution in [1.29, 1.82) is 0 Å². The molecule has 0 spiro atoms. The highest BCUT2D eigenvalue weighted by atomic mass is 79.9. The van der Waals surface area contributed by atoms with Crippen LogP contribution in [0.5, 0.6) is 0 Å². The van der Waals surface area contributed by atoms with Crippen LogP contribution in [0, 0.1) is 0 Å². The molecule has 186 valence electrons. The number of benzene rings is 4. The number of pyridine rings is 1. The van der Waals surface area contributed by atoms with E-state index in [2.05, 4.69) is 20.9 Å². The van der Waals surface area contributed by atoms with Crippen molar-refractivity contribution in [3.63, 3.8) is 0 Å². The zero-order valence-corrected chi connectivity index (χ0v) is 22.1. The second-order valence-corrected chi connectivity index (χ2v) is 10.3. The SMILES string of the molecule is O=C(Cc1ccccc1)N1N=C(c2c(-c3ccccc3)c3cc(Br)ccc3[nH]c2=O)C[C@@H]1c1ccccc1. The molecule has 0 radical (unpaired) electrons. The van der Waals surface area contributed by atoms with Gasteiger partial charge < -0.3 is 4.98 Å². The molecule has 1 amide bonds. The molecule has 0 unspecified atom stereocenters. The van der Waals surface area contributed by atoms with E-state index >= 15 is 0 Å². The van der Waals surface area contributed by atoms with Crippen LogP contribution in [0.2, 0.25) is 0 Å². The number of amides is 1. The van der Waals surface area contributed by atoms with Crippen LogP contribution in [0.3, 0.4) is 0 Å². The van der Waals surface area contributed by atoms with Gasteiger partial charge in [-0.05, 0) is 34.9 Å². The van der Waals surface area contributed by atoms with Gasteiger partial charge in [0.2, 0.25) is 5.91 Å². The number of nitrogens with zero attached hydrogens (tertiary/aromatic N) is 2. The van der Waals surface area contributed by atoms with Gasteiger partial charge in [0.1, 0.15) is 0 Å². The molecule has 1 aliphatic rings. The van der Waals surface area contributed by atoms with Crippen molar-refractivity contribution in [2.75, 3.05) is 0 Å². The van der Waals surface area contributed by atoms with Gasteiger partial charge in [-0.1, -0.05) is 107 Å². The van der Waals surface area contributed by atoms with Crippen molar-refractivity contribution in [2.24, 2.45) is 5.10 Å². The maximum atomic E-state index is 13.7. The number of halogens is 1. The number of carbonyl (C=O) groups excluding carboxylic acids is 1. The molecule has 38 heavy (non-hydrogen) atoms. The van der Waals surface area contributed by atoms with Gasteiger partial charge in [-0.3, -0.25) is 9.59 Å². The fraction of sp³-hybridized carbons (Fsp3) is 0.0938. The normalized spacial score (nSPS) is 15.0. The van der Waals surface area contributed by atoms with Gasteiger partial charge in [-0.15, -0.1) is 0 Å². The number of H-pyrrole nitrogens is 1. The highest BCUT2D eigenvalue weighted by Gasteiger charge is 2.35. The molecular weight excluding hydrogens is 538 g/mol. The summed E-state index contributed by atoms with van der Waals surface area (Å²) in [5.74, 6) is -0.110. The van der Waals surface area contributed by atoms with Crippen LogP contribution in [0.1, 0.15) is 29.2 Å². The topological polar surface area (TPSA) is 65.5 Å². The van der Waals surface area contributed by atoms with Crippen LogP contribution in [-0.2, 0) is 11.2 Å². The predicted molar refractivity (Wildman–Crippen MR) is 155 cm³/mol. The van der Waals surface area contributed by atoms with E-state index in [-0.39, 0.29) is 23.9 Å². The molecule has 5 nitrogen and oxygen atoms in total. The van der Waals surface area contributed by atoms with Gasteiger partial charge in [-0.25, -0.2) is 5.01 Å². The van der Waals surface area contributed by atoms with Crippen LogP contribution in [-0.4, -0.2) is 21.6 Å². The summed E-state index contributed by atoms with van der Waals surface area (Å²) >= 11 is 3.59. The van der Waals surface area contributed by atoms with E-state index in [9.17, 15) is 9.59 Å². The van der Waals surface area contributed by atoms with Crippen LogP contribution in [0.15, 0.2) is 124 Å². The number of hydrogen-bond donors (Lipinski definition) is 1. The molecule has 1 aliphatic heterocycles. The standard InChI is InChI=1S/C32H24BrN3O2/c33-24-16-17-26-25(19-24)30(23-14-8-3-9-15-23)31(32(38)34-26)27-20-28(22-12-6-2-7-13-22)36(35-27)29(37)18-21-10-4-1-5-11-21/h1-17,19,28H,18,20H2,(H,34,38)/t28-/m1/s1. The fourth-order valence-electron chi connectivity index (χ4n) is 5.12. The average molecular weight is 562 g/mol. The van der Waals surface area contributed by atoms with Crippen LogP contribution >= 0.6 is 15.9 Å². The number of fused-ring (bicyclic) bond motifs is 1. The lowest BCUT2D eigenvalue weighted by atomic mass is 9.91. The molecule has 1 N–H and O–H groups in total. The number of aromatic amines is 1. The van der Waals surface area contributed by atoms with Gasteiger partial charge in [0.25, 0.3) is 5.56 Å². The quantitative estimate of drug-likeness (QED) is 0.254. The van der Waals surface area contributed by atoms with Gasteiger partial charge in [0, 0.05) is 27.4 Å². The molecule has 2 heterocycles. The number of nitrogens with one attached hydrogen (secondary N) is 1. The van der Waals surface area contributed by atoms with E-state index in [0.29, 0.717) is 17.7 Å².